The molecule has 0 spiro atoms. The van der Waals surface area contributed by atoms with Gasteiger partial charge >= 0.3 is 0 Å². The van der Waals surface area contributed by atoms with Gasteiger partial charge in [-0.1, -0.05) is 30.3 Å². The minimum Gasteiger partial charge on any atom is -0.493 e. The molecule has 0 aliphatic rings. The lowest BCUT2D eigenvalue weighted by Gasteiger charge is -2.10. The molecule has 0 unspecified atom stereocenters. The van der Waals surface area contributed by atoms with E-state index in [1.54, 1.807) is 26.5 Å². The molecule has 1 N–H and O–H groups in total. The fraction of sp³-hybridized carbons (Fsp3) is 0.176. The van der Waals surface area contributed by atoms with Crippen LogP contribution in [0.1, 0.15) is 11.1 Å². The molecule has 0 aromatic heterocycles. The van der Waals surface area contributed by atoms with Gasteiger partial charge in [0.05, 0.1) is 31.3 Å². The number of carbonyl (C=O) groups is 1. The second-order valence-corrected chi connectivity index (χ2v) is 5.45. The summed E-state index contributed by atoms with van der Waals surface area (Å²) in [6.07, 6.45) is 1.83. The van der Waals surface area contributed by atoms with Crippen molar-refractivity contribution in [1.29, 1.82) is 0 Å². The molecule has 6 heteroatoms. The number of hydrogen-bond donors (Lipinski definition) is 1. The van der Waals surface area contributed by atoms with Gasteiger partial charge in [-0.25, -0.2) is 5.43 Å². The summed E-state index contributed by atoms with van der Waals surface area (Å²) < 4.78 is 11.2. The molecule has 0 aliphatic heterocycles. The van der Waals surface area contributed by atoms with Gasteiger partial charge in [-0.15, -0.1) is 0 Å². The number of hydrazone groups is 1. The largest absolute Gasteiger partial charge is 0.493 e. The summed E-state index contributed by atoms with van der Waals surface area (Å²) in [6.45, 7) is 0. The zero-order chi connectivity index (χ0) is 16.7. The van der Waals surface area contributed by atoms with Crippen molar-refractivity contribution in [3.8, 4) is 11.5 Å². The zero-order valence-corrected chi connectivity index (χ0v) is 14.5. The number of ether oxygens (including phenoxy) is 2. The van der Waals surface area contributed by atoms with E-state index in [9.17, 15) is 4.79 Å². The average Bonchev–Trinajstić information content (AvgIpc) is 2.57. The number of hydrogen-bond acceptors (Lipinski definition) is 4. The summed E-state index contributed by atoms with van der Waals surface area (Å²) >= 11 is 3.45. The summed E-state index contributed by atoms with van der Waals surface area (Å²) in [4.78, 5) is 11.8. The summed E-state index contributed by atoms with van der Waals surface area (Å²) in [5.41, 5.74) is 4.21. The van der Waals surface area contributed by atoms with Crippen molar-refractivity contribution in [1.82, 2.24) is 5.43 Å². The molecule has 0 atom stereocenters. The van der Waals surface area contributed by atoms with Gasteiger partial charge in [0.15, 0.2) is 11.5 Å². The Morgan fingerprint density at radius 1 is 1.17 bits per heavy atom. The Labute approximate surface area is 143 Å². The van der Waals surface area contributed by atoms with Gasteiger partial charge in [-0.2, -0.15) is 5.10 Å². The highest BCUT2D eigenvalue weighted by Gasteiger charge is 2.11. The molecule has 0 heterocycles. The number of nitrogens with one attached hydrogen (secondary N) is 1. The number of amides is 1. The van der Waals surface area contributed by atoms with Crippen LogP contribution < -0.4 is 14.9 Å². The third-order valence-corrected chi connectivity index (χ3v) is 3.93. The molecule has 0 saturated carbocycles. The van der Waals surface area contributed by atoms with Gasteiger partial charge < -0.3 is 9.47 Å². The Hall–Kier alpha value is -2.34. The molecule has 2 aromatic carbocycles. The first-order chi connectivity index (χ1) is 11.2. The highest BCUT2D eigenvalue weighted by Crippen LogP contribution is 2.36. The van der Waals surface area contributed by atoms with Crippen LogP contribution in [-0.4, -0.2) is 26.3 Å². The maximum absolute atomic E-state index is 11.8. The van der Waals surface area contributed by atoms with E-state index in [1.807, 2.05) is 36.4 Å². The number of benzene rings is 2. The normalized spacial score (nSPS) is 10.6. The topological polar surface area (TPSA) is 59.9 Å². The Morgan fingerprint density at radius 3 is 2.57 bits per heavy atom. The van der Waals surface area contributed by atoms with Crippen LogP contribution in [0, 0.1) is 0 Å². The number of carbonyl (C=O) groups excluding carboxylic acids is 1. The second kappa shape index (κ2) is 8.33. The van der Waals surface area contributed by atoms with E-state index in [0.29, 0.717) is 16.0 Å². The minimum absolute atomic E-state index is 0.177. The first kappa shape index (κ1) is 17.0. The van der Waals surface area contributed by atoms with Crippen LogP contribution in [0.4, 0.5) is 0 Å². The van der Waals surface area contributed by atoms with Crippen LogP contribution >= 0.6 is 15.9 Å². The molecule has 0 saturated heterocycles. The van der Waals surface area contributed by atoms with Gasteiger partial charge in [-0.3, -0.25) is 4.79 Å². The molecule has 2 rings (SSSR count). The standard InChI is InChI=1S/C17H17BrN2O3/c1-22-14-9-8-13(16(18)17(14)23-2)11-19-20-15(21)10-12-6-4-3-5-7-12/h3-9,11H,10H2,1-2H3,(H,20,21)/b19-11-. The van der Waals surface area contributed by atoms with Crippen molar-refractivity contribution in [2.45, 2.75) is 6.42 Å². The third-order valence-electron chi connectivity index (χ3n) is 3.12. The van der Waals surface area contributed by atoms with E-state index in [1.165, 1.54) is 0 Å². The number of rotatable bonds is 6. The maximum atomic E-state index is 11.8. The Kier molecular flexibility index (Phi) is 6.17. The highest BCUT2D eigenvalue weighted by atomic mass is 79.9. The summed E-state index contributed by atoms with van der Waals surface area (Å²) in [7, 11) is 3.13. The van der Waals surface area contributed by atoms with Gasteiger partial charge in [0.1, 0.15) is 0 Å². The van der Waals surface area contributed by atoms with Crippen molar-refractivity contribution in [3.63, 3.8) is 0 Å². The molecule has 0 aliphatic carbocycles. The fourth-order valence-corrected chi connectivity index (χ4v) is 2.59. The van der Waals surface area contributed by atoms with Crippen molar-refractivity contribution in [3.05, 3.63) is 58.1 Å². The number of halogens is 1. The van der Waals surface area contributed by atoms with E-state index in [0.717, 1.165) is 11.1 Å². The van der Waals surface area contributed by atoms with E-state index in [4.69, 9.17) is 9.47 Å². The molecule has 0 radical (unpaired) electrons. The Balaban J connectivity index is 2.02. The van der Waals surface area contributed by atoms with E-state index < -0.39 is 0 Å². The zero-order valence-electron chi connectivity index (χ0n) is 12.9. The molecule has 2 aromatic rings. The maximum Gasteiger partial charge on any atom is 0.244 e. The van der Waals surface area contributed by atoms with Crippen molar-refractivity contribution >= 4 is 28.1 Å². The summed E-state index contributed by atoms with van der Waals surface area (Å²) in [6, 6.07) is 13.1. The van der Waals surface area contributed by atoms with Crippen LogP contribution in [0.25, 0.3) is 0 Å². The first-order valence-corrected chi connectivity index (χ1v) is 7.71. The molecular weight excluding hydrogens is 360 g/mol. The van der Waals surface area contributed by atoms with Gasteiger partial charge in [-0.05, 0) is 33.6 Å². The third kappa shape index (κ3) is 4.56. The molecule has 120 valence electrons. The van der Waals surface area contributed by atoms with Crippen LogP contribution in [-0.2, 0) is 11.2 Å². The summed E-state index contributed by atoms with van der Waals surface area (Å²) in [5, 5.41) is 3.98. The van der Waals surface area contributed by atoms with Gasteiger partial charge in [0.2, 0.25) is 5.91 Å². The van der Waals surface area contributed by atoms with Crippen LogP contribution in [0.5, 0.6) is 11.5 Å². The van der Waals surface area contributed by atoms with Crippen LogP contribution in [0.3, 0.4) is 0 Å². The van der Waals surface area contributed by atoms with Gasteiger partial charge in [0, 0.05) is 5.56 Å². The Morgan fingerprint density at radius 2 is 1.91 bits per heavy atom. The number of nitrogens with zero attached hydrogens (tertiary/aromatic N) is 1. The van der Waals surface area contributed by atoms with E-state index in [2.05, 4.69) is 26.5 Å². The molecule has 0 bridgehead atoms. The van der Waals surface area contributed by atoms with Crippen molar-refractivity contribution in [2.24, 2.45) is 5.10 Å². The van der Waals surface area contributed by atoms with Crippen LogP contribution in [0.2, 0.25) is 0 Å². The molecule has 0 fully saturated rings. The SMILES string of the molecule is COc1ccc(/C=N\NC(=O)Cc2ccccc2)c(Br)c1OC. The average molecular weight is 377 g/mol. The lowest BCUT2D eigenvalue weighted by Crippen LogP contribution is -2.19. The highest BCUT2D eigenvalue weighted by molar-refractivity contribution is 9.10. The lowest BCUT2D eigenvalue weighted by atomic mass is 10.1. The van der Waals surface area contributed by atoms with Gasteiger partial charge in [0.25, 0.3) is 0 Å². The number of methoxy groups -OCH3 is 2. The van der Waals surface area contributed by atoms with Crippen molar-refractivity contribution in [2.75, 3.05) is 14.2 Å². The van der Waals surface area contributed by atoms with Crippen LogP contribution in [0.15, 0.2) is 52.0 Å². The molecule has 5 nitrogen and oxygen atoms in total. The van der Waals surface area contributed by atoms with E-state index >= 15 is 0 Å². The molecular formula is C17H17BrN2O3. The predicted octanol–water partition coefficient (Wildman–Crippen LogP) is 3.16. The molecule has 23 heavy (non-hydrogen) atoms. The second-order valence-electron chi connectivity index (χ2n) is 4.66. The monoisotopic (exact) mass is 376 g/mol. The fourth-order valence-electron chi connectivity index (χ4n) is 2.00. The minimum atomic E-state index is -0.177. The predicted molar refractivity (Wildman–Crippen MR) is 93.1 cm³/mol. The molecule has 1 amide bonds. The lowest BCUT2D eigenvalue weighted by molar-refractivity contribution is -0.120. The Bertz CT molecular complexity index is 702. The van der Waals surface area contributed by atoms with Crippen molar-refractivity contribution < 1.29 is 14.3 Å². The smallest absolute Gasteiger partial charge is 0.244 e. The van der Waals surface area contributed by atoms with E-state index in [-0.39, 0.29) is 12.3 Å². The first-order valence-electron chi connectivity index (χ1n) is 6.92. The summed E-state index contributed by atoms with van der Waals surface area (Å²) in [5.74, 6) is 1.01. The quantitative estimate of drug-likeness (QED) is 0.622.